The topological polar surface area (TPSA) is 110 Å². The number of Topliss-reactive ketones (excluding diaryl/α,β-unsaturated/α-hetero) is 1. The molecule has 0 bridgehead atoms. The Bertz CT molecular complexity index is 1210. The first kappa shape index (κ1) is 25.4. The summed E-state index contributed by atoms with van der Waals surface area (Å²) in [6.45, 7) is 5.36. The Balaban J connectivity index is 1.66. The van der Waals surface area contributed by atoms with Gasteiger partial charge in [-0.15, -0.1) is 0 Å². The van der Waals surface area contributed by atoms with Crippen molar-refractivity contribution in [3.8, 4) is 0 Å². The second kappa shape index (κ2) is 10.4. The molecule has 1 N–H and O–H groups in total. The normalized spacial score (nSPS) is 14.3. The Morgan fingerprint density at radius 1 is 1.09 bits per heavy atom. The van der Waals surface area contributed by atoms with Crippen LogP contribution in [0.3, 0.4) is 0 Å². The first-order valence-electron chi connectivity index (χ1n) is 11.2. The van der Waals surface area contributed by atoms with Gasteiger partial charge in [-0.25, -0.2) is 13.2 Å². The molecule has 0 saturated carbocycles. The van der Waals surface area contributed by atoms with Crippen LogP contribution in [0.2, 0.25) is 0 Å². The number of anilines is 1. The molecule has 9 heteroatoms. The van der Waals surface area contributed by atoms with Crippen molar-refractivity contribution in [3.63, 3.8) is 0 Å². The molecule has 0 spiro atoms. The summed E-state index contributed by atoms with van der Waals surface area (Å²) in [5, 5.41) is 2.70. The van der Waals surface area contributed by atoms with Crippen LogP contribution in [0.15, 0.2) is 42.5 Å². The molecule has 2 aromatic rings. The summed E-state index contributed by atoms with van der Waals surface area (Å²) in [5.74, 6) is -1.73. The summed E-state index contributed by atoms with van der Waals surface area (Å²) in [7, 11) is -3.40. The number of hydrogen-bond acceptors (Lipinski definition) is 6. The Labute approximate surface area is 200 Å². The minimum absolute atomic E-state index is 0.248. The number of aryl methyl sites for hydroxylation is 2. The number of nitrogens with zero attached hydrogens (tertiary/aromatic N) is 1. The van der Waals surface area contributed by atoms with E-state index in [1.54, 1.807) is 44.2 Å². The molecule has 2 aromatic carbocycles. The maximum absolute atomic E-state index is 12.7. The lowest BCUT2D eigenvalue weighted by atomic mass is 9.99. The van der Waals surface area contributed by atoms with Crippen molar-refractivity contribution in [2.24, 2.45) is 5.92 Å². The van der Waals surface area contributed by atoms with E-state index in [-0.39, 0.29) is 5.92 Å². The smallest absolute Gasteiger partial charge is 0.329 e. The molecule has 1 atom stereocenters. The Hall–Kier alpha value is -3.20. The van der Waals surface area contributed by atoms with E-state index in [0.717, 1.165) is 17.4 Å². The molecular formula is C25H30N2O6S. The monoisotopic (exact) mass is 486 g/mol. The van der Waals surface area contributed by atoms with Crippen molar-refractivity contribution < 1.29 is 27.5 Å². The Morgan fingerprint density at radius 3 is 2.47 bits per heavy atom. The van der Waals surface area contributed by atoms with Crippen LogP contribution in [0.5, 0.6) is 0 Å². The number of carbonyl (C=O) groups is 3. The number of ether oxygens (including phenoxy) is 1. The third-order valence-corrected chi connectivity index (χ3v) is 6.89. The lowest BCUT2D eigenvalue weighted by Crippen LogP contribution is -2.45. The zero-order chi connectivity index (χ0) is 25.0. The molecule has 182 valence electrons. The van der Waals surface area contributed by atoms with Crippen LogP contribution < -0.4 is 9.62 Å². The van der Waals surface area contributed by atoms with E-state index in [0.29, 0.717) is 36.2 Å². The van der Waals surface area contributed by atoms with Crippen LogP contribution >= 0.6 is 0 Å². The molecule has 0 saturated heterocycles. The summed E-state index contributed by atoms with van der Waals surface area (Å²) in [6.07, 6.45) is 2.47. The average Bonchev–Trinajstić information content (AvgIpc) is 2.78. The lowest BCUT2D eigenvalue weighted by Gasteiger charge is -2.29. The van der Waals surface area contributed by atoms with Crippen molar-refractivity contribution in [2.75, 3.05) is 23.7 Å². The zero-order valence-corrected chi connectivity index (χ0v) is 20.6. The van der Waals surface area contributed by atoms with Gasteiger partial charge in [0.05, 0.1) is 11.9 Å². The molecule has 0 radical (unpaired) electrons. The fourth-order valence-corrected chi connectivity index (χ4v) is 4.90. The number of amides is 1. The standard InChI is InChI=1S/C25H30N2O6S/c1-16(2)23(26-24(29)20-8-5-7-17(3)13-20)25(30)33-15-22(28)19-10-11-21-18(14-19)9-6-12-27(21)34(4,31)32/h5,7-8,10-11,13-14,16,23H,6,9,12,15H2,1-4H3,(H,26,29). The molecule has 1 aliphatic rings. The van der Waals surface area contributed by atoms with Crippen molar-refractivity contribution in [1.29, 1.82) is 0 Å². The minimum atomic E-state index is -3.40. The van der Waals surface area contributed by atoms with Gasteiger partial charge in [-0.3, -0.25) is 13.9 Å². The summed E-state index contributed by atoms with van der Waals surface area (Å²) < 4.78 is 30.6. The predicted octanol–water partition coefficient (Wildman–Crippen LogP) is 2.89. The van der Waals surface area contributed by atoms with Crippen LogP contribution in [0.1, 0.15) is 52.1 Å². The molecule has 1 amide bonds. The molecular weight excluding hydrogens is 456 g/mol. The van der Waals surface area contributed by atoms with Gasteiger partial charge in [0.2, 0.25) is 10.0 Å². The molecule has 0 aromatic heterocycles. The van der Waals surface area contributed by atoms with E-state index in [2.05, 4.69) is 5.32 Å². The van der Waals surface area contributed by atoms with Gasteiger partial charge >= 0.3 is 5.97 Å². The fourth-order valence-electron chi connectivity index (χ4n) is 3.90. The Kier molecular flexibility index (Phi) is 7.76. The molecule has 34 heavy (non-hydrogen) atoms. The van der Waals surface area contributed by atoms with Gasteiger partial charge in [0, 0.05) is 17.7 Å². The van der Waals surface area contributed by atoms with Gasteiger partial charge in [-0.05, 0) is 61.6 Å². The summed E-state index contributed by atoms with van der Waals surface area (Å²) in [4.78, 5) is 37.9. The van der Waals surface area contributed by atoms with Crippen molar-refractivity contribution in [1.82, 2.24) is 5.32 Å². The highest BCUT2D eigenvalue weighted by atomic mass is 32.2. The number of nitrogens with one attached hydrogen (secondary N) is 1. The SMILES string of the molecule is Cc1cccc(C(=O)NC(C(=O)OCC(=O)c2ccc3c(c2)CCCN3S(C)(=O)=O)C(C)C)c1. The van der Waals surface area contributed by atoms with E-state index in [4.69, 9.17) is 4.74 Å². The number of hydrogen-bond donors (Lipinski definition) is 1. The number of sulfonamides is 1. The van der Waals surface area contributed by atoms with Crippen LogP contribution in [-0.2, 0) is 26.0 Å². The predicted molar refractivity (Wildman–Crippen MR) is 130 cm³/mol. The molecule has 0 aliphatic carbocycles. The first-order valence-corrected chi connectivity index (χ1v) is 13.0. The number of benzene rings is 2. The van der Waals surface area contributed by atoms with Crippen molar-refractivity contribution in [2.45, 2.75) is 39.7 Å². The van der Waals surface area contributed by atoms with Crippen molar-refractivity contribution in [3.05, 3.63) is 64.7 Å². The van der Waals surface area contributed by atoms with E-state index in [1.165, 1.54) is 10.4 Å². The number of esters is 1. The minimum Gasteiger partial charge on any atom is -0.456 e. The van der Waals surface area contributed by atoms with Crippen LogP contribution in [0.4, 0.5) is 5.69 Å². The Morgan fingerprint density at radius 2 is 1.82 bits per heavy atom. The third-order valence-electron chi connectivity index (χ3n) is 5.71. The van der Waals surface area contributed by atoms with Gasteiger partial charge in [0.25, 0.3) is 5.91 Å². The fraction of sp³-hybridized carbons (Fsp3) is 0.400. The second-order valence-electron chi connectivity index (χ2n) is 8.88. The molecule has 8 nitrogen and oxygen atoms in total. The first-order chi connectivity index (χ1) is 16.0. The van der Waals surface area contributed by atoms with Crippen LogP contribution in [0.25, 0.3) is 0 Å². The van der Waals surface area contributed by atoms with Gasteiger partial charge in [-0.2, -0.15) is 0 Å². The van der Waals surface area contributed by atoms with E-state index in [9.17, 15) is 22.8 Å². The van der Waals surface area contributed by atoms with Gasteiger partial charge in [0.15, 0.2) is 12.4 Å². The van der Waals surface area contributed by atoms with Crippen LogP contribution in [-0.4, -0.2) is 51.5 Å². The highest BCUT2D eigenvalue weighted by Crippen LogP contribution is 2.30. The summed E-state index contributed by atoms with van der Waals surface area (Å²) >= 11 is 0. The molecule has 1 heterocycles. The van der Waals surface area contributed by atoms with Crippen LogP contribution in [0, 0.1) is 12.8 Å². The maximum Gasteiger partial charge on any atom is 0.329 e. The largest absolute Gasteiger partial charge is 0.456 e. The summed E-state index contributed by atoms with van der Waals surface area (Å²) in [5.41, 5.74) is 3.03. The summed E-state index contributed by atoms with van der Waals surface area (Å²) in [6, 6.07) is 10.9. The second-order valence-corrected chi connectivity index (χ2v) is 10.8. The van der Waals surface area contributed by atoms with Gasteiger partial charge < -0.3 is 10.1 Å². The highest BCUT2D eigenvalue weighted by molar-refractivity contribution is 7.92. The maximum atomic E-state index is 12.7. The van der Waals surface area contributed by atoms with Gasteiger partial charge in [0.1, 0.15) is 6.04 Å². The quantitative estimate of drug-likeness (QED) is 0.454. The average molecular weight is 487 g/mol. The van der Waals surface area contributed by atoms with Gasteiger partial charge in [-0.1, -0.05) is 31.5 Å². The molecule has 1 aliphatic heterocycles. The number of rotatable bonds is 8. The lowest BCUT2D eigenvalue weighted by molar-refractivity contribution is -0.145. The zero-order valence-electron chi connectivity index (χ0n) is 19.8. The highest BCUT2D eigenvalue weighted by Gasteiger charge is 2.28. The molecule has 1 unspecified atom stereocenters. The molecule has 3 rings (SSSR count). The van der Waals surface area contributed by atoms with Crippen molar-refractivity contribution >= 4 is 33.4 Å². The third kappa shape index (κ3) is 6.02. The van der Waals surface area contributed by atoms with E-state index in [1.807, 2.05) is 13.0 Å². The number of carbonyl (C=O) groups excluding carboxylic acids is 3. The van der Waals surface area contributed by atoms with E-state index >= 15 is 0 Å². The van der Waals surface area contributed by atoms with E-state index < -0.39 is 40.3 Å². The number of ketones is 1. The number of fused-ring (bicyclic) bond motifs is 1. The molecule has 0 fully saturated rings.